The lowest BCUT2D eigenvalue weighted by atomic mass is 10.00. The van der Waals surface area contributed by atoms with E-state index in [0.717, 1.165) is 47.7 Å². The van der Waals surface area contributed by atoms with Crippen molar-refractivity contribution in [2.75, 3.05) is 24.3 Å². The van der Waals surface area contributed by atoms with E-state index in [2.05, 4.69) is 49.9 Å². The number of aryl methyl sites for hydroxylation is 1. The Labute approximate surface area is 269 Å². The number of halogens is 3. The monoisotopic (exact) mass is 652 g/mol. The lowest BCUT2D eigenvalue weighted by Crippen LogP contribution is -2.33. The largest absolute Gasteiger partial charge is 0.573 e. The summed E-state index contributed by atoms with van der Waals surface area (Å²) < 4.78 is 48.1. The van der Waals surface area contributed by atoms with Crippen LogP contribution >= 0.6 is 11.8 Å². The molecule has 5 rings (SSSR count). The first-order chi connectivity index (χ1) is 22.0. The van der Waals surface area contributed by atoms with Crippen LogP contribution in [0.1, 0.15) is 44.2 Å². The molecule has 0 spiro atoms. The van der Waals surface area contributed by atoms with Crippen LogP contribution in [0.3, 0.4) is 0 Å². The fourth-order valence-electron chi connectivity index (χ4n) is 5.02. The Kier molecular flexibility index (Phi) is 10.2. The Balaban J connectivity index is 1.15. The highest BCUT2D eigenvalue weighted by molar-refractivity contribution is 8.14. The molecule has 2 amide bonds. The lowest BCUT2D eigenvalue weighted by Gasteiger charge is -2.24. The Hall–Kier alpha value is -4.52. The zero-order chi connectivity index (χ0) is 32.8. The summed E-state index contributed by atoms with van der Waals surface area (Å²) in [6.07, 6.45) is -1.78. The summed E-state index contributed by atoms with van der Waals surface area (Å²) in [5.74, 6) is 2.09. The predicted molar refractivity (Wildman–Crippen MR) is 174 cm³/mol. The molecule has 1 aromatic heterocycles. The number of carbonyl (C=O) groups excluding carboxylic acids is 1. The molecule has 1 N–H and O–H groups in total. The third kappa shape index (κ3) is 8.39. The van der Waals surface area contributed by atoms with Gasteiger partial charge in [-0.05, 0) is 67.1 Å². The maximum absolute atomic E-state index is 12.9. The standard InChI is InChI=1S/C33H35F3N6O3S/c1-21(2)28-16-15-27(44-4)19-29(28)41-17-18-46-32(41)39-31(43)38-22(3)5-6-23-7-9-24(10-8-23)30-37-20-42(40-30)25-11-13-26(14-12-25)45-33(34,35)36/h7-16,19-22H,5-6,17-18H2,1-4H3,(H,38,43). The maximum atomic E-state index is 12.9. The van der Waals surface area contributed by atoms with Gasteiger partial charge in [-0.1, -0.05) is 55.9 Å². The van der Waals surface area contributed by atoms with Crippen molar-refractivity contribution in [3.8, 4) is 28.6 Å². The van der Waals surface area contributed by atoms with E-state index in [1.54, 1.807) is 18.9 Å². The van der Waals surface area contributed by atoms with Crippen molar-refractivity contribution in [1.82, 2.24) is 20.1 Å². The van der Waals surface area contributed by atoms with Crippen molar-refractivity contribution in [3.05, 3.63) is 84.2 Å². The molecule has 9 nitrogen and oxygen atoms in total. The number of thioether (sulfide) groups is 1. The number of amides is 2. The van der Waals surface area contributed by atoms with E-state index in [9.17, 15) is 18.0 Å². The topological polar surface area (TPSA) is 93.9 Å². The van der Waals surface area contributed by atoms with E-state index in [1.165, 1.54) is 40.8 Å². The van der Waals surface area contributed by atoms with E-state index in [4.69, 9.17) is 4.74 Å². The van der Waals surface area contributed by atoms with Crippen LogP contribution in [0.2, 0.25) is 0 Å². The van der Waals surface area contributed by atoms with E-state index >= 15 is 0 Å². The number of urea groups is 1. The Morgan fingerprint density at radius 3 is 2.43 bits per heavy atom. The number of nitrogens with zero attached hydrogens (tertiary/aromatic N) is 5. The zero-order valence-corrected chi connectivity index (χ0v) is 26.7. The van der Waals surface area contributed by atoms with Gasteiger partial charge in [0.15, 0.2) is 11.0 Å². The first-order valence-electron chi connectivity index (χ1n) is 14.8. The SMILES string of the molecule is COc1ccc(C(C)C)c(N2CCSC2=NC(=O)NC(C)CCc2ccc(-c3ncn(-c4ccc(OC(F)(F)F)cc4)n3)cc2)c1. The molecular weight excluding hydrogens is 617 g/mol. The van der Waals surface area contributed by atoms with Crippen molar-refractivity contribution in [2.45, 2.75) is 51.9 Å². The number of rotatable bonds is 10. The van der Waals surface area contributed by atoms with Crippen LogP contribution in [0.5, 0.6) is 11.5 Å². The number of ether oxygens (including phenoxy) is 2. The van der Waals surface area contributed by atoms with Gasteiger partial charge in [-0.3, -0.25) is 0 Å². The second kappa shape index (κ2) is 14.3. The maximum Gasteiger partial charge on any atom is 0.573 e. The Morgan fingerprint density at radius 2 is 1.76 bits per heavy atom. The van der Waals surface area contributed by atoms with Crippen LogP contribution in [0.25, 0.3) is 17.1 Å². The number of carbonyl (C=O) groups is 1. The molecule has 1 atom stereocenters. The molecule has 0 aliphatic carbocycles. The predicted octanol–water partition coefficient (Wildman–Crippen LogP) is 7.61. The number of hydrogen-bond donors (Lipinski definition) is 1. The van der Waals surface area contributed by atoms with E-state index in [1.807, 2.05) is 43.3 Å². The molecule has 1 aliphatic heterocycles. The molecule has 1 saturated heterocycles. The van der Waals surface area contributed by atoms with E-state index in [-0.39, 0.29) is 17.8 Å². The van der Waals surface area contributed by atoms with E-state index < -0.39 is 6.36 Å². The molecule has 0 saturated carbocycles. The summed E-state index contributed by atoms with van der Waals surface area (Å²) in [6.45, 7) is 7.01. The van der Waals surface area contributed by atoms with Crippen molar-refractivity contribution in [3.63, 3.8) is 0 Å². The normalized spacial score (nSPS) is 15.0. The van der Waals surface area contributed by atoms with Gasteiger partial charge < -0.3 is 19.7 Å². The highest BCUT2D eigenvalue weighted by atomic mass is 32.2. The molecular formula is C33H35F3N6O3S. The zero-order valence-electron chi connectivity index (χ0n) is 25.9. The van der Waals surface area contributed by atoms with Crippen LogP contribution in [0.15, 0.2) is 78.0 Å². The van der Waals surface area contributed by atoms with Gasteiger partial charge in [0, 0.05) is 35.7 Å². The van der Waals surface area contributed by atoms with E-state index in [0.29, 0.717) is 22.6 Å². The summed E-state index contributed by atoms with van der Waals surface area (Å²) >= 11 is 1.57. The summed E-state index contributed by atoms with van der Waals surface area (Å²) in [6, 6.07) is 18.8. The molecule has 4 aromatic rings. The average Bonchev–Trinajstić information content (AvgIpc) is 3.70. The lowest BCUT2D eigenvalue weighted by molar-refractivity contribution is -0.274. The second-order valence-corrected chi connectivity index (χ2v) is 12.2. The van der Waals surface area contributed by atoms with Gasteiger partial charge in [-0.25, -0.2) is 14.5 Å². The third-order valence-electron chi connectivity index (χ3n) is 7.40. The molecule has 1 aliphatic rings. The number of anilines is 1. The fraction of sp³-hybridized carbons (Fsp3) is 0.333. The van der Waals surface area contributed by atoms with Gasteiger partial charge in [0.05, 0.1) is 12.8 Å². The van der Waals surface area contributed by atoms with Crippen molar-refractivity contribution >= 4 is 28.6 Å². The molecule has 0 bridgehead atoms. The van der Waals surface area contributed by atoms with Crippen LogP contribution in [-0.2, 0) is 6.42 Å². The highest BCUT2D eigenvalue weighted by Crippen LogP contribution is 2.35. The number of aliphatic imine (C=N–C) groups is 1. The quantitative estimate of drug-likeness (QED) is 0.189. The van der Waals surface area contributed by atoms with Crippen molar-refractivity contribution in [1.29, 1.82) is 0 Å². The second-order valence-electron chi connectivity index (χ2n) is 11.1. The Morgan fingerprint density at radius 1 is 1.04 bits per heavy atom. The minimum Gasteiger partial charge on any atom is -0.497 e. The number of methoxy groups -OCH3 is 1. The van der Waals surface area contributed by atoms with Crippen molar-refractivity contribution in [2.24, 2.45) is 4.99 Å². The van der Waals surface area contributed by atoms with Crippen LogP contribution in [0, 0.1) is 0 Å². The molecule has 13 heteroatoms. The molecule has 0 radical (unpaired) electrons. The van der Waals surface area contributed by atoms with Gasteiger partial charge >= 0.3 is 12.4 Å². The van der Waals surface area contributed by atoms with Crippen LogP contribution in [0.4, 0.5) is 23.7 Å². The molecule has 1 fully saturated rings. The smallest absolute Gasteiger partial charge is 0.497 e. The van der Waals surface area contributed by atoms with Gasteiger partial charge in [-0.15, -0.1) is 18.3 Å². The number of aromatic nitrogens is 3. The average molecular weight is 653 g/mol. The number of hydrogen-bond acceptors (Lipinski definition) is 6. The Bertz CT molecular complexity index is 1670. The molecule has 1 unspecified atom stereocenters. The van der Waals surface area contributed by atoms with Crippen LogP contribution in [-0.4, -0.2) is 57.8 Å². The third-order valence-corrected chi connectivity index (χ3v) is 8.36. The van der Waals surface area contributed by atoms with Crippen LogP contribution < -0.4 is 19.7 Å². The number of amidine groups is 1. The number of benzene rings is 3. The van der Waals surface area contributed by atoms with Crippen molar-refractivity contribution < 1.29 is 27.4 Å². The van der Waals surface area contributed by atoms with Gasteiger partial charge in [0.2, 0.25) is 0 Å². The number of nitrogens with one attached hydrogen (secondary N) is 1. The number of alkyl halides is 3. The highest BCUT2D eigenvalue weighted by Gasteiger charge is 2.31. The summed E-state index contributed by atoms with van der Waals surface area (Å²) in [5.41, 5.74) is 4.62. The molecule has 46 heavy (non-hydrogen) atoms. The first kappa shape index (κ1) is 32.9. The molecule has 2 heterocycles. The van der Waals surface area contributed by atoms with Gasteiger partial charge in [0.25, 0.3) is 0 Å². The minimum absolute atomic E-state index is 0.0929. The summed E-state index contributed by atoms with van der Waals surface area (Å²) in [7, 11) is 1.64. The summed E-state index contributed by atoms with van der Waals surface area (Å²) in [4.78, 5) is 23.7. The molecule has 242 valence electrons. The van der Waals surface area contributed by atoms with Gasteiger partial charge in [-0.2, -0.15) is 4.99 Å². The van der Waals surface area contributed by atoms with Gasteiger partial charge in [0.1, 0.15) is 17.8 Å². The fourth-order valence-corrected chi connectivity index (χ4v) is 5.97. The first-order valence-corrected chi connectivity index (χ1v) is 15.8. The minimum atomic E-state index is -4.75. The summed E-state index contributed by atoms with van der Waals surface area (Å²) in [5, 5.41) is 8.13. The molecule has 3 aromatic carbocycles.